The molecule has 0 aliphatic rings. The number of hydrogen-bond donors (Lipinski definition) is 0. The van der Waals surface area contributed by atoms with Gasteiger partial charge in [-0.25, -0.2) is 9.18 Å². The summed E-state index contributed by atoms with van der Waals surface area (Å²) >= 11 is 0. The minimum Gasteiger partial charge on any atom is -0.454 e. The van der Waals surface area contributed by atoms with Gasteiger partial charge in [0.2, 0.25) is 5.78 Å². The Morgan fingerprint density at radius 3 is 2.17 bits per heavy atom. The Morgan fingerprint density at radius 2 is 1.59 bits per heavy atom. The molecule has 1 atom stereocenters. The van der Waals surface area contributed by atoms with Crippen LogP contribution in [-0.2, 0) is 22.6 Å². The van der Waals surface area contributed by atoms with Gasteiger partial charge in [0.15, 0.2) is 6.10 Å². The number of para-hydroxylation sites is 2. The van der Waals surface area contributed by atoms with Crippen LogP contribution in [-0.4, -0.2) is 27.0 Å². The third-order valence-corrected chi connectivity index (χ3v) is 4.72. The van der Waals surface area contributed by atoms with Crippen molar-refractivity contribution in [1.29, 1.82) is 0 Å². The molecule has 1 aromatic heterocycles. The number of imidazole rings is 1. The predicted octanol–water partition coefficient (Wildman–Crippen LogP) is 3.56. The molecule has 2 aromatic carbocycles. The molecular weight excluding hydrogens is 375 g/mol. The van der Waals surface area contributed by atoms with Crippen LogP contribution in [0.5, 0.6) is 0 Å². The van der Waals surface area contributed by atoms with Gasteiger partial charge >= 0.3 is 11.7 Å². The maximum absolute atomic E-state index is 13.0. The molecule has 1 heterocycles. The van der Waals surface area contributed by atoms with Crippen molar-refractivity contribution >= 4 is 22.8 Å². The summed E-state index contributed by atoms with van der Waals surface area (Å²) < 4.78 is 21.5. The molecule has 0 amide bonds. The van der Waals surface area contributed by atoms with Crippen LogP contribution < -0.4 is 5.69 Å². The van der Waals surface area contributed by atoms with Gasteiger partial charge in [0.05, 0.1) is 17.5 Å². The summed E-state index contributed by atoms with van der Waals surface area (Å²) in [5.74, 6) is -1.43. The van der Waals surface area contributed by atoms with Crippen LogP contribution in [0.2, 0.25) is 0 Å². The second-order valence-corrected chi connectivity index (χ2v) is 6.83. The molecule has 7 heteroatoms. The SMILES string of the molecule is CCCn1c(=O)n(CCC(=O)O[C@@H](C)C(=O)c2ccc(F)cc2)c2ccccc21. The van der Waals surface area contributed by atoms with Crippen LogP contribution in [0.4, 0.5) is 4.39 Å². The van der Waals surface area contributed by atoms with E-state index in [0.29, 0.717) is 6.54 Å². The standard InChI is InChI=1S/C22H23FN2O4/c1-3-13-24-18-6-4-5-7-19(18)25(22(24)28)14-12-20(26)29-15(2)21(27)16-8-10-17(23)11-9-16/h4-11,15H,3,12-14H2,1-2H3/t15-/m0/s1. The molecule has 6 nitrogen and oxygen atoms in total. The van der Waals surface area contributed by atoms with E-state index in [0.717, 1.165) is 17.5 Å². The zero-order valence-electron chi connectivity index (χ0n) is 16.4. The number of Topliss-reactive ketones (excluding diaryl/α,β-unsaturated/α-hetero) is 1. The van der Waals surface area contributed by atoms with Crippen LogP contribution >= 0.6 is 0 Å². The van der Waals surface area contributed by atoms with Gasteiger partial charge in [0.1, 0.15) is 5.82 Å². The number of ether oxygens (including phenoxy) is 1. The largest absolute Gasteiger partial charge is 0.454 e. The molecule has 152 valence electrons. The molecule has 0 saturated heterocycles. The number of carbonyl (C=O) groups is 2. The molecule has 3 aromatic rings. The lowest BCUT2D eigenvalue weighted by atomic mass is 10.1. The number of carbonyl (C=O) groups excluding carboxylic acids is 2. The highest BCUT2D eigenvalue weighted by atomic mass is 19.1. The average Bonchev–Trinajstić information content (AvgIpc) is 2.98. The second kappa shape index (κ2) is 8.86. The van der Waals surface area contributed by atoms with Gasteiger partial charge < -0.3 is 4.74 Å². The van der Waals surface area contributed by atoms with Gasteiger partial charge in [0.25, 0.3) is 0 Å². The lowest BCUT2D eigenvalue weighted by Crippen LogP contribution is -2.27. The summed E-state index contributed by atoms with van der Waals surface area (Å²) in [6, 6.07) is 12.5. The second-order valence-electron chi connectivity index (χ2n) is 6.83. The summed E-state index contributed by atoms with van der Waals surface area (Å²) in [5, 5.41) is 0. The highest BCUT2D eigenvalue weighted by Gasteiger charge is 2.20. The normalized spacial score (nSPS) is 12.1. The van der Waals surface area contributed by atoms with E-state index in [-0.39, 0.29) is 24.2 Å². The lowest BCUT2D eigenvalue weighted by Gasteiger charge is -2.12. The van der Waals surface area contributed by atoms with Crippen molar-refractivity contribution < 1.29 is 18.7 Å². The Balaban J connectivity index is 1.68. The molecule has 0 radical (unpaired) electrons. The van der Waals surface area contributed by atoms with Gasteiger partial charge in [0, 0.05) is 18.7 Å². The molecule has 0 aliphatic heterocycles. The Kier molecular flexibility index (Phi) is 6.26. The van der Waals surface area contributed by atoms with E-state index in [4.69, 9.17) is 4.74 Å². The summed E-state index contributed by atoms with van der Waals surface area (Å²) in [6.07, 6.45) is -0.217. The van der Waals surface area contributed by atoms with E-state index in [2.05, 4.69) is 0 Å². The third-order valence-electron chi connectivity index (χ3n) is 4.72. The number of hydrogen-bond acceptors (Lipinski definition) is 4. The molecule has 0 aliphatic carbocycles. The first-order chi connectivity index (χ1) is 13.9. The van der Waals surface area contributed by atoms with E-state index in [1.54, 1.807) is 9.13 Å². The Bertz CT molecular complexity index is 1080. The van der Waals surface area contributed by atoms with Gasteiger partial charge in [-0.1, -0.05) is 19.1 Å². The van der Waals surface area contributed by atoms with E-state index < -0.39 is 23.7 Å². The number of esters is 1. The number of rotatable bonds is 8. The van der Waals surface area contributed by atoms with E-state index in [1.807, 2.05) is 31.2 Å². The van der Waals surface area contributed by atoms with E-state index in [9.17, 15) is 18.8 Å². The number of ketones is 1. The molecule has 0 fully saturated rings. The fourth-order valence-electron chi connectivity index (χ4n) is 3.29. The molecule has 0 unspecified atom stereocenters. The number of benzene rings is 2. The van der Waals surface area contributed by atoms with Crippen molar-refractivity contribution in [2.45, 2.75) is 45.9 Å². The minimum atomic E-state index is -0.994. The lowest BCUT2D eigenvalue weighted by molar-refractivity contribution is -0.146. The molecule has 0 N–H and O–H groups in total. The van der Waals surface area contributed by atoms with Crippen molar-refractivity contribution in [2.75, 3.05) is 0 Å². The zero-order valence-corrected chi connectivity index (χ0v) is 16.4. The highest BCUT2D eigenvalue weighted by molar-refractivity contribution is 6.00. The smallest absolute Gasteiger partial charge is 0.329 e. The number of halogens is 1. The maximum atomic E-state index is 13.0. The Hall–Kier alpha value is -3.22. The summed E-state index contributed by atoms with van der Waals surface area (Å²) in [7, 11) is 0. The van der Waals surface area contributed by atoms with Crippen molar-refractivity contribution in [3.8, 4) is 0 Å². The predicted molar refractivity (Wildman–Crippen MR) is 107 cm³/mol. The first-order valence-electron chi connectivity index (χ1n) is 9.59. The van der Waals surface area contributed by atoms with Gasteiger partial charge in [-0.2, -0.15) is 0 Å². The summed E-state index contributed by atoms with van der Waals surface area (Å²) in [4.78, 5) is 37.3. The highest BCUT2D eigenvalue weighted by Crippen LogP contribution is 2.14. The number of aromatic nitrogens is 2. The number of fused-ring (bicyclic) bond motifs is 1. The van der Waals surface area contributed by atoms with E-state index in [1.165, 1.54) is 31.2 Å². The molecule has 3 rings (SSSR count). The fraction of sp³-hybridized carbons (Fsp3) is 0.318. The average molecular weight is 398 g/mol. The quantitative estimate of drug-likeness (QED) is 0.430. The topological polar surface area (TPSA) is 70.3 Å². The molecular formula is C22H23FN2O4. The zero-order chi connectivity index (χ0) is 21.0. The first-order valence-corrected chi connectivity index (χ1v) is 9.59. The number of nitrogens with zero attached hydrogens (tertiary/aromatic N) is 2. The van der Waals surface area contributed by atoms with Gasteiger partial charge in [-0.15, -0.1) is 0 Å². The summed E-state index contributed by atoms with van der Waals surface area (Å²) in [5.41, 5.74) is 1.68. The molecule has 0 spiro atoms. The van der Waals surface area contributed by atoms with Crippen LogP contribution in [0.25, 0.3) is 11.0 Å². The third kappa shape index (κ3) is 4.45. The van der Waals surface area contributed by atoms with Crippen molar-refractivity contribution in [3.63, 3.8) is 0 Å². The van der Waals surface area contributed by atoms with Crippen LogP contribution in [0.3, 0.4) is 0 Å². The minimum absolute atomic E-state index is 0.0406. The maximum Gasteiger partial charge on any atom is 0.329 e. The van der Waals surface area contributed by atoms with Crippen molar-refractivity contribution in [2.24, 2.45) is 0 Å². The van der Waals surface area contributed by atoms with Crippen LogP contribution in [0.1, 0.15) is 37.0 Å². The first kappa shape index (κ1) is 20.5. The summed E-state index contributed by atoms with van der Waals surface area (Å²) in [6.45, 7) is 4.23. The van der Waals surface area contributed by atoms with Gasteiger partial charge in [-0.05, 0) is 49.7 Å². The number of aryl methyl sites for hydroxylation is 2. The molecule has 0 saturated carbocycles. The van der Waals surface area contributed by atoms with Crippen LogP contribution in [0, 0.1) is 5.82 Å². The van der Waals surface area contributed by atoms with Crippen LogP contribution in [0.15, 0.2) is 53.3 Å². The van der Waals surface area contributed by atoms with Crippen molar-refractivity contribution in [3.05, 3.63) is 70.4 Å². The van der Waals surface area contributed by atoms with Gasteiger partial charge in [-0.3, -0.25) is 18.7 Å². The fourth-order valence-corrected chi connectivity index (χ4v) is 3.29. The monoisotopic (exact) mass is 398 g/mol. The Morgan fingerprint density at radius 1 is 1.00 bits per heavy atom. The molecule has 29 heavy (non-hydrogen) atoms. The Labute approximate surface area is 167 Å². The van der Waals surface area contributed by atoms with E-state index >= 15 is 0 Å². The van der Waals surface area contributed by atoms with Crippen molar-refractivity contribution in [1.82, 2.24) is 9.13 Å². The molecule has 0 bridgehead atoms.